The third-order valence-corrected chi connectivity index (χ3v) is 2.28. The molecule has 4 N–H and O–H groups in total. The molecule has 0 aliphatic carbocycles. The molecule has 0 amide bonds. The third kappa shape index (κ3) is 1.86. The van der Waals surface area contributed by atoms with E-state index in [4.69, 9.17) is 5.73 Å². The van der Waals surface area contributed by atoms with Crippen LogP contribution in [-0.4, -0.2) is 16.3 Å². The monoisotopic (exact) mass is 199 g/mol. The first-order valence-corrected chi connectivity index (χ1v) is 4.36. The van der Waals surface area contributed by atoms with Crippen LogP contribution in [0.15, 0.2) is 12.1 Å². The lowest BCUT2D eigenvalue weighted by Crippen LogP contribution is -2.24. The average molecular weight is 199 g/mol. The largest absolute Gasteiger partial charge is 0.508 e. The van der Waals surface area contributed by atoms with Gasteiger partial charge in [0.25, 0.3) is 0 Å². The summed E-state index contributed by atoms with van der Waals surface area (Å²) in [6, 6.07) is 1.63. The Morgan fingerprint density at radius 2 is 2.00 bits per heavy atom. The molecular formula is C10H14FNO2. The van der Waals surface area contributed by atoms with Crippen LogP contribution in [0.2, 0.25) is 0 Å². The second kappa shape index (κ2) is 3.94. The second-order valence-corrected chi connectivity index (χ2v) is 3.37. The Balaban J connectivity index is 3.25. The number of rotatable bonds is 2. The van der Waals surface area contributed by atoms with E-state index >= 15 is 0 Å². The summed E-state index contributed by atoms with van der Waals surface area (Å²) in [7, 11) is 0. The van der Waals surface area contributed by atoms with Crippen LogP contribution in [0.25, 0.3) is 0 Å². The number of nitrogens with two attached hydrogens (primary N) is 1. The van der Waals surface area contributed by atoms with Gasteiger partial charge in [0.2, 0.25) is 0 Å². The maximum atomic E-state index is 13.1. The first kappa shape index (κ1) is 10.9. The SMILES string of the molecule is Cc1c(F)ccc(O)c1C(N)C(C)O. The minimum Gasteiger partial charge on any atom is -0.508 e. The molecule has 0 aromatic heterocycles. The number of hydrogen-bond donors (Lipinski definition) is 3. The van der Waals surface area contributed by atoms with Crippen molar-refractivity contribution in [2.75, 3.05) is 0 Å². The molecule has 1 aromatic rings. The van der Waals surface area contributed by atoms with Crippen molar-refractivity contribution in [2.45, 2.75) is 26.0 Å². The van der Waals surface area contributed by atoms with E-state index in [0.29, 0.717) is 0 Å². The maximum Gasteiger partial charge on any atom is 0.126 e. The van der Waals surface area contributed by atoms with Gasteiger partial charge in [-0.25, -0.2) is 4.39 Å². The number of halogens is 1. The molecule has 0 saturated carbocycles. The molecule has 2 unspecified atom stereocenters. The zero-order valence-corrected chi connectivity index (χ0v) is 8.16. The van der Waals surface area contributed by atoms with Crippen molar-refractivity contribution >= 4 is 0 Å². The van der Waals surface area contributed by atoms with Gasteiger partial charge in [-0.05, 0) is 31.5 Å². The van der Waals surface area contributed by atoms with Crippen molar-refractivity contribution in [1.82, 2.24) is 0 Å². The summed E-state index contributed by atoms with van der Waals surface area (Å²) in [5, 5.41) is 18.7. The highest BCUT2D eigenvalue weighted by Crippen LogP contribution is 2.29. The summed E-state index contributed by atoms with van der Waals surface area (Å²) < 4.78 is 13.1. The number of benzene rings is 1. The highest BCUT2D eigenvalue weighted by Gasteiger charge is 2.20. The van der Waals surface area contributed by atoms with Crippen LogP contribution >= 0.6 is 0 Å². The van der Waals surface area contributed by atoms with Crippen LogP contribution in [0.4, 0.5) is 4.39 Å². The lowest BCUT2D eigenvalue weighted by molar-refractivity contribution is 0.162. The molecule has 0 aliphatic rings. The Kier molecular flexibility index (Phi) is 3.08. The van der Waals surface area contributed by atoms with E-state index in [-0.39, 0.29) is 16.9 Å². The quantitative estimate of drug-likeness (QED) is 0.671. The Morgan fingerprint density at radius 1 is 1.43 bits per heavy atom. The first-order valence-electron chi connectivity index (χ1n) is 4.36. The van der Waals surface area contributed by atoms with Crippen molar-refractivity contribution in [3.63, 3.8) is 0 Å². The zero-order chi connectivity index (χ0) is 10.9. The predicted molar refractivity (Wildman–Crippen MR) is 51.4 cm³/mol. The van der Waals surface area contributed by atoms with Crippen molar-refractivity contribution in [2.24, 2.45) is 5.73 Å². The fourth-order valence-electron chi connectivity index (χ4n) is 1.35. The van der Waals surface area contributed by atoms with Crippen molar-refractivity contribution in [3.8, 4) is 5.75 Å². The van der Waals surface area contributed by atoms with Gasteiger partial charge in [0.15, 0.2) is 0 Å². The van der Waals surface area contributed by atoms with Gasteiger partial charge in [0, 0.05) is 5.56 Å². The summed E-state index contributed by atoms with van der Waals surface area (Å²) in [6.45, 7) is 3.01. The van der Waals surface area contributed by atoms with Crippen LogP contribution in [0.5, 0.6) is 5.75 Å². The number of phenols is 1. The summed E-state index contributed by atoms with van der Waals surface area (Å²) >= 11 is 0. The van der Waals surface area contributed by atoms with Crippen molar-refractivity contribution in [1.29, 1.82) is 0 Å². The number of aliphatic hydroxyl groups is 1. The molecule has 78 valence electrons. The minimum absolute atomic E-state index is 0.0858. The van der Waals surface area contributed by atoms with Crippen molar-refractivity contribution < 1.29 is 14.6 Å². The number of aromatic hydroxyl groups is 1. The first-order chi connectivity index (χ1) is 6.45. The molecular weight excluding hydrogens is 185 g/mol. The molecule has 1 aromatic carbocycles. The molecule has 2 atom stereocenters. The van der Waals surface area contributed by atoms with Crippen LogP contribution in [0.3, 0.4) is 0 Å². The summed E-state index contributed by atoms with van der Waals surface area (Å²) in [5.41, 5.74) is 6.17. The molecule has 0 fully saturated rings. The van der Waals surface area contributed by atoms with Gasteiger partial charge in [-0.2, -0.15) is 0 Å². The van der Waals surface area contributed by atoms with E-state index < -0.39 is 18.0 Å². The van der Waals surface area contributed by atoms with E-state index in [1.807, 2.05) is 0 Å². The number of hydrogen-bond acceptors (Lipinski definition) is 3. The lowest BCUT2D eigenvalue weighted by Gasteiger charge is -2.18. The molecule has 0 saturated heterocycles. The van der Waals surface area contributed by atoms with Crippen molar-refractivity contribution in [3.05, 3.63) is 29.1 Å². The van der Waals surface area contributed by atoms with Crippen LogP contribution in [0.1, 0.15) is 24.1 Å². The van der Waals surface area contributed by atoms with Gasteiger partial charge in [-0.1, -0.05) is 0 Å². The highest BCUT2D eigenvalue weighted by molar-refractivity contribution is 5.42. The number of phenolic OH excluding ortho intramolecular Hbond substituents is 1. The fourth-order valence-corrected chi connectivity index (χ4v) is 1.35. The van der Waals surface area contributed by atoms with Gasteiger partial charge < -0.3 is 15.9 Å². The molecule has 0 heterocycles. The summed E-state index contributed by atoms with van der Waals surface area (Å²) in [6.07, 6.45) is -0.832. The Hall–Kier alpha value is -1.13. The summed E-state index contributed by atoms with van der Waals surface area (Å²) in [5.74, 6) is -0.522. The molecule has 0 radical (unpaired) electrons. The smallest absolute Gasteiger partial charge is 0.126 e. The van der Waals surface area contributed by atoms with E-state index in [2.05, 4.69) is 0 Å². The van der Waals surface area contributed by atoms with Crippen LogP contribution in [-0.2, 0) is 0 Å². The highest BCUT2D eigenvalue weighted by atomic mass is 19.1. The third-order valence-electron chi connectivity index (χ3n) is 2.28. The fraction of sp³-hybridized carbons (Fsp3) is 0.400. The van der Waals surface area contributed by atoms with Crippen LogP contribution in [0, 0.1) is 12.7 Å². The normalized spacial score (nSPS) is 15.2. The second-order valence-electron chi connectivity index (χ2n) is 3.37. The average Bonchev–Trinajstić information content (AvgIpc) is 2.12. The molecule has 0 spiro atoms. The molecule has 14 heavy (non-hydrogen) atoms. The van der Waals surface area contributed by atoms with Crippen LogP contribution < -0.4 is 5.73 Å². The van der Waals surface area contributed by atoms with Gasteiger partial charge in [-0.15, -0.1) is 0 Å². The van der Waals surface area contributed by atoms with E-state index in [9.17, 15) is 14.6 Å². The van der Waals surface area contributed by atoms with E-state index in [1.165, 1.54) is 26.0 Å². The van der Waals surface area contributed by atoms with E-state index in [0.717, 1.165) is 0 Å². The molecule has 1 rings (SSSR count). The van der Waals surface area contributed by atoms with Gasteiger partial charge in [0.1, 0.15) is 11.6 Å². The lowest BCUT2D eigenvalue weighted by atomic mass is 9.97. The van der Waals surface area contributed by atoms with E-state index in [1.54, 1.807) is 0 Å². The molecule has 0 bridgehead atoms. The topological polar surface area (TPSA) is 66.5 Å². The Bertz CT molecular complexity index is 339. The Labute approximate surface area is 82.0 Å². The molecule has 4 heteroatoms. The minimum atomic E-state index is -0.832. The summed E-state index contributed by atoms with van der Waals surface area (Å²) in [4.78, 5) is 0. The zero-order valence-electron chi connectivity index (χ0n) is 8.16. The molecule has 3 nitrogen and oxygen atoms in total. The van der Waals surface area contributed by atoms with Gasteiger partial charge >= 0.3 is 0 Å². The molecule has 0 aliphatic heterocycles. The standard InChI is InChI=1S/C10H14FNO2/c1-5-7(11)3-4-8(14)9(5)10(12)6(2)13/h3-4,6,10,13-14H,12H2,1-2H3. The van der Waals surface area contributed by atoms with Gasteiger partial charge in [-0.3, -0.25) is 0 Å². The van der Waals surface area contributed by atoms with Gasteiger partial charge in [0.05, 0.1) is 12.1 Å². The predicted octanol–water partition coefficient (Wildman–Crippen LogP) is 1.22. The Morgan fingerprint density at radius 3 is 2.50 bits per heavy atom. The maximum absolute atomic E-state index is 13.1. The number of aliphatic hydroxyl groups excluding tert-OH is 1.